The molecule has 0 spiro atoms. The summed E-state index contributed by atoms with van der Waals surface area (Å²) >= 11 is 0. The molecular weight excluding hydrogens is 240 g/mol. The van der Waals surface area contributed by atoms with Crippen LogP contribution in [0.2, 0.25) is 0 Å². The van der Waals surface area contributed by atoms with Crippen molar-refractivity contribution in [1.82, 2.24) is 9.55 Å². The van der Waals surface area contributed by atoms with Crippen molar-refractivity contribution in [2.45, 2.75) is 27.3 Å². The summed E-state index contributed by atoms with van der Waals surface area (Å²) in [7, 11) is 0. The summed E-state index contributed by atoms with van der Waals surface area (Å²) in [5.74, 6) is 0.755. The van der Waals surface area contributed by atoms with E-state index in [-0.39, 0.29) is 5.91 Å². The van der Waals surface area contributed by atoms with Gasteiger partial charge in [-0.3, -0.25) is 4.79 Å². The van der Waals surface area contributed by atoms with Crippen molar-refractivity contribution < 1.29 is 4.79 Å². The summed E-state index contributed by atoms with van der Waals surface area (Å²) in [6.07, 6.45) is 2.01. The molecule has 0 aliphatic carbocycles. The Kier molecular flexibility index (Phi) is 3.85. The molecule has 1 aromatic carbocycles. The van der Waals surface area contributed by atoms with Crippen LogP contribution in [-0.4, -0.2) is 15.5 Å². The van der Waals surface area contributed by atoms with Crippen LogP contribution in [0.4, 0.5) is 17.3 Å². The topological polar surface area (TPSA) is 59.0 Å². The lowest BCUT2D eigenvalue weighted by Crippen LogP contribution is -2.05. The molecule has 0 aliphatic heterocycles. The van der Waals surface area contributed by atoms with Crippen molar-refractivity contribution >= 4 is 23.2 Å². The Morgan fingerprint density at radius 3 is 2.47 bits per heavy atom. The second-order valence-electron chi connectivity index (χ2n) is 4.38. The summed E-state index contributed by atoms with van der Waals surface area (Å²) in [5, 5.41) is 6.00. The van der Waals surface area contributed by atoms with Crippen LogP contribution in [0.1, 0.15) is 19.5 Å². The van der Waals surface area contributed by atoms with Crippen molar-refractivity contribution in [1.29, 1.82) is 0 Å². The zero-order chi connectivity index (χ0) is 13.8. The highest BCUT2D eigenvalue weighted by Crippen LogP contribution is 2.18. The number of aryl methyl sites for hydroxylation is 2. The minimum Gasteiger partial charge on any atom is -0.326 e. The lowest BCUT2D eigenvalue weighted by atomic mass is 10.3. The number of carbonyl (C=O) groups is 1. The Morgan fingerprint density at radius 1 is 1.26 bits per heavy atom. The Labute approximate surface area is 112 Å². The normalized spacial score (nSPS) is 10.3. The van der Waals surface area contributed by atoms with Gasteiger partial charge in [-0.25, -0.2) is 4.98 Å². The molecular formula is C14H18N4O. The van der Waals surface area contributed by atoms with Gasteiger partial charge in [-0.2, -0.15) is 0 Å². The first kappa shape index (κ1) is 13.1. The molecule has 100 valence electrons. The number of amides is 1. The maximum absolute atomic E-state index is 10.9. The first-order valence-corrected chi connectivity index (χ1v) is 6.27. The Morgan fingerprint density at radius 2 is 1.89 bits per heavy atom. The molecule has 2 rings (SSSR count). The number of nitrogens with one attached hydrogen (secondary N) is 2. The molecule has 0 bridgehead atoms. The SMILES string of the molecule is CCn1cc(C)nc1Nc1ccc(NC(C)=O)cc1. The fourth-order valence-electron chi connectivity index (χ4n) is 1.86. The van der Waals surface area contributed by atoms with Crippen molar-refractivity contribution in [2.24, 2.45) is 0 Å². The molecule has 5 nitrogen and oxygen atoms in total. The second-order valence-corrected chi connectivity index (χ2v) is 4.38. The van der Waals surface area contributed by atoms with Gasteiger partial charge in [0.1, 0.15) is 0 Å². The number of rotatable bonds is 4. The van der Waals surface area contributed by atoms with Gasteiger partial charge < -0.3 is 15.2 Å². The number of carbonyl (C=O) groups excluding carboxylic acids is 1. The summed E-state index contributed by atoms with van der Waals surface area (Å²) in [4.78, 5) is 15.4. The lowest BCUT2D eigenvalue weighted by Gasteiger charge is -2.08. The molecule has 1 aromatic heterocycles. The highest BCUT2D eigenvalue weighted by atomic mass is 16.1. The zero-order valence-electron chi connectivity index (χ0n) is 11.4. The maximum Gasteiger partial charge on any atom is 0.221 e. The molecule has 5 heteroatoms. The van der Waals surface area contributed by atoms with Crippen LogP contribution >= 0.6 is 0 Å². The van der Waals surface area contributed by atoms with E-state index < -0.39 is 0 Å². The van der Waals surface area contributed by atoms with E-state index in [0.29, 0.717) is 0 Å². The maximum atomic E-state index is 10.9. The Bertz CT molecular complexity index is 572. The fraction of sp³-hybridized carbons (Fsp3) is 0.286. The van der Waals surface area contributed by atoms with Crippen molar-refractivity contribution in [3.63, 3.8) is 0 Å². The number of hydrogen-bond acceptors (Lipinski definition) is 3. The monoisotopic (exact) mass is 258 g/mol. The van der Waals surface area contributed by atoms with Gasteiger partial charge in [0.15, 0.2) is 0 Å². The van der Waals surface area contributed by atoms with Crippen molar-refractivity contribution in [3.05, 3.63) is 36.2 Å². The smallest absolute Gasteiger partial charge is 0.221 e. The number of nitrogens with zero attached hydrogens (tertiary/aromatic N) is 2. The molecule has 1 amide bonds. The summed E-state index contributed by atoms with van der Waals surface area (Å²) in [5.41, 5.74) is 2.71. The number of benzene rings is 1. The number of imidazole rings is 1. The van der Waals surface area contributed by atoms with Crippen LogP contribution in [0.3, 0.4) is 0 Å². The van der Waals surface area contributed by atoms with E-state index >= 15 is 0 Å². The van der Waals surface area contributed by atoms with E-state index in [2.05, 4.69) is 27.1 Å². The van der Waals surface area contributed by atoms with Crippen molar-refractivity contribution in [3.8, 4) is 0 Å². The Balaban J connectivity index is 2.12. The third kappa shape index (κ3) is 3.34. The summed E-state index contributed by atoms with van der Waals surface area (Å²) in [6.45, 7) is 6.41. The van der Waals surface area contributed by atoms with Gasteiger partial charge in [-0.1, -0.05) is 0 Å². The fourth-order valence-corrected chi connectivity index (χ4v) is 1.86. The first-order valence-electron chi connectivity index (χ1n) is 6.27. The zero-order valence-corrected chi connectivity index (χ0v) is 11.4. The number of aromatic nitrogens is 2. The van der Waals surface area contributed by atoms with Gasteiger partial charge in [0, 0.05) is 31.0 Å². The third-order valence-corrected chi connectivity index (χ3v) is 2.70. The number of hydrogen-bond donors (Lipinski definition) is 2. The van der Waals surface area contributed by atoms with Crippen LogP contribution in [-0.2, 0) is 11.3 Å². The predicted octanol–water partition coefficient (Wildman–Crippen LogP) is 2.91. The van der Waals surface area contributed by atoms with E-state index in [1.54, 1.807) is 0 Å². The number of anilines is 3. The minimum absolute atomic E-state index is 0.0714. The van der Waals surface area contributed by atoms with Crippen LogP contribution < -0.4 is 10.6 Å². The van der Waals surface area contributed by atoms with Gasteiger partial charge >= 0.3 is 0 Å². The molecule has 0 atom stereocenters. The minimum atomic E-state index is -0.0714. The molecule has 1 heterocycles. The summed E-state index contributed by atoms with van der Waals surface area (Å²) < 4.78 is 2.05. The van der Waals surface area contributed by atoms with Gasteiger partial charge in [0.05, 0.1) is 5.69 Å². The average Bonchev–Trinajstić information content (AvgIpc) is 2.71. The van der Waals surface area contributed by atoms with E-state index in [4.69, 9.17) is 0 Å². The second kappa shape index (κ2) is 5.56. The molecule has 0 aliphatic rings. The van der Waals surface area contributed by atoms with Gasteiger partial charge in [0.25, 0.3) is 0 Å². The van der Waals surface area contributed by atoms with Gasteiger partial charge in [0.2, 0.25) is 11.9 Å². The molecule has 2 N–H and O–H groups in total. The van der Waals surface area contributed by atoms with Gasteiger partial charge in [-0.15, -0.1) is 0 Å². The van der Waals surface area contributed by atoms with Crippen LogP contribution in [0.25, 0.3) is 0 Å². The van der Waals surface area contributed by atoms with Crippen molar-refractivity contribution in [2.75, 3.05) is 10.6 Å². The molecule has 0 saturated heterocycles. The van der Waals surface area contributed by atoms with E-state index in [1.165, 1.54) is 6.92 Å². The van der Waals surface area contributed by atoms with Gasteiger partial charge in [-0.05, 0) is 38.1 Å². The molecule has 0 unspecified atom stereocenters. The molecule has 0 fully saturated rings. The predicted molar refractivity (Wildman–Crippen MR) is 76.7 cm³/mol. The highest BCUT2D eigenvalue weighted by Gasteiger charge is 2.04. The summed E-state index contributed by atoms with van der Waals surface area (Å²) in [6, 6.07) is 7.54. The third-order valence-electron chi connectivity index (χ3n) is 2.70. The first-order chi connectivity index (χ1) is 9.08. The van der Waals surface area contributed by atoms with E-state index in [1.807, 2.05) is 37.4 Å². The molecule has 19 heavy (non-hydrogen) atoms. The van der Waals surface area contributed by atoms with Crippen LogP contribution in [0.15, 0.2) is 30.5 Å². The van der Waals surface area contributed by atoms with E-state index in [9.17, 15) is 4.79 Å². The quantitative estimate of drug-likeness (QED) is 0.886. The lowest BCUT2D eigenvalue weighted by molar-refractivity contribution is -0.114. The average molecular weight is 258 g/mol. The molecule has 2 aromatic rings. The standard InChI is InChI=1S/C14H18N4O/c1-4-18-9-10(2)15-14(18)17-13-7-5-12(6-8-13)16-11(3)19/h5-9H,4H2,1-3H3,(H,15,17)(H,16,19). The highest BCUT2D eigenvalue weighted by molar-refractivity contribution is 5.88. The van der Waals surface area contributed by atoms with Crippen LogP contribution in [0.5, 0.6) is 0 Å². The largest absolute Gasteiger partial charge is 0.326 e. The van der Waals surface area contributed by atoms with E-state index in [0.717, 1.165) is 29.6 Å². The molecule has 0 saturated carbocycles. The Hall–Kier alpha value is -2.30. The molecule has 0 radical (unpaired) electrons. The van der Waals surface area contributed by atoms with Crippen LogP contribution in [0, 0.1) is 6.92 Å².